The van der Waals surface area contributed by atoms with Gasteiger partial charge in [0.1, 0.15) is 0 Å². The maximum atomic E-state index is 12.4. The molecule has 3 heterocycles. The van der Waals surface area contributed by atoms with Gasteiger partial charge < -0.3 is 14.5 Å². The first-order chi connectivity index (χ1) is 12.7. The summed E-state index contributed by atoms with van der Waals surface area (Å²) in [6.45, 7) is 1.88. The van der Waals surface area contributed by atoms with E-state index in [1.54, 1.807) is 12.3 Å². The molecule has 1 aromatic carbocycles. The number of benzene rings is 1. The van der Waals surface area contributed by atoms with Crippen LogP contribution in [0.3, 0.4) is 0 Å². The molecule has 0 saturated carbocycles. The van der Waals surface area contributed by atoms with Crippen LogP contribution in [-0.4, -0.2) is 45.0 Å². The smallest absolute Gasteiger partial charge is 0.228 e. The topological polar surface area (TPSA) is 84.4 Å². The van der Waals surface area contributed by atoms with Gasteiger partial charge in [0.15, 0.2) is 11.5 Å². The molecule has 0 unspecified atom stereocenters. The van der Waals surface area contributed by atoms with Crippen LogP contribution in [0.4, 0.5) is 5.88 Å². The van der Waals surface area contributed by atoms with E-state index in [-0.39, 0.29) is 18.3 Å². The van der Waals surface area contributed by atoms with Crippen LogP contribution in [0.1, 0.15) is 28.0 Å². The summed E-state index contributed by atoms with van der Waals surface area (Å²) in [5.74, 6) is 0.420. The molecule has 1 aliphatic heterocycles. The van der Waals surface area contributed by atoms with Crippen molar-refractivity contribution in [1.29, 1.82) is 0 Å². The zero-order chi connectivity index (χ0) is 17.9. The van der Waals surface area contributed by atoms with Gasteiger partial charge in [-0.3, -0.25) is 9.48 Å². The summed E-state index contributed by atoms with van der Waals surface area (Å²) in [4.78, 5) is 14.3. The van der Waals surface area contributed by atoms with Crippen LogP contribution in [0.15, 0.2) is 53.3 Å². The monoisotopic (exact) mass is 352 g/mol. The highest BCUT2D eigenvalue weighted by Crippen LogP contribution is 2.22. The summed E-state index contributed by atoms with van der Waals surface area (Å²) in [6.07, 6.45) is 4.16. The minimum absolute atomic E-state index is 0.112. The third-order valence-electron chi connectivity index (χ3n) is 4.50. The zero-order valence-corrected chi connectivity index (χ0v) is 14.3. The molecule has 1 saturated heterocycles. The fourth-order valence-electron chi connectivity index (χ4n) is 3.12. The summed E-state index contributed by atoms with van der Waals surface area (Å²) in [5.41, 5.74) is 2.30. The summed E-state index contributed by atoms with van der Waals surface area (Å²) >= 11 is 0. The predicted octanol–water partition coefficient (Wildman–Crippen LogP) is 1.92. The fourth-order valence-corrected chi connectivity index (χ4v) is 3.12. The second-order valence-electron chi connectivity index (χ2n) is 6.57. The number of aliphatic hydroxyl groups is 1. The first kappa shape index (κ1) is 16.5. The molecular formula is C19H20N4O3. The third kappa shape index (κ3) is 3.67. The van der Waals surface area contributed by atoms with Crippen LogP contribution < -0.4 is 4.90 Å². The van der Waals surface area contributed by atoms with Gasteiger partial charge in [-0.2, -0.15) is 5.10 Å². The molecule has 0 bridgehead atoms. The standard InChI is InChI=1S/C19H20N4O3/c24-16-6-7-22(13-16)19-9-17(21-26-19)18(25)8-15-10-20-23(12-15)11-14-4-2-1-3-5-14/h1-5,9-10,12,16,24H,6-8,11,13H2/t16-/m1/s1. The molecule has 1 N–H and O–H groups in total. The maximum absolute atomic E-state index is 12.4. The quantitative estimate of drug-likeness (QED) is 0.682. The van der Waals surface area contributed by atoms with E-state index in [0.717, 1.165) is 11.1 Å². The van der Waals surface area contributed by atoms with Crippen LogP contribution in [0.2, 0.25) is 0 Å². The van der Waals surface area contributed by atoms with Gasteiger partial charge in [-0.15, -0.1) is 0 Å². The Bertz CT molecular complexity index is 887. The lowest BCUT2D eigenvalue weighted by Crippen LogP contribution is -2.20. The molecule has 3 aromatic rings. The lowest BCUT2D eigenvalue weighted by Gasteiger charge is -2.11. The summed E-state index contributed by atoms with van der Waals surface area (Å²) in [7, 11) is 0. The number of β-amino-alcohol motifs (C(OH)–C–C–N with tert-alkyl or cyclic N) is 1. The minimum atomic E-state index is -0.352. The minimum Gasteiger partial charge on any atom is -0.391 e. The van der Waals surface area contributed by atoms with Gasteiger partial charge in [-0.25, -0.2) is 0 Å². The SMILES string of the molecule is O=C(Cc1cnn(Cc2ccccc2)c1)c1cc(N2CC[C@@H](O)C2)on1. The number of anilines is 1. The molecule has 4 rings (SSSR count). The molecule has 0 aliphatic carbocycles. The number of Topliss-reactive ketones (excluding diaryl/α,β-unsaturated/α-hetero) is 1. The van der Waals surface area contributed by atoms with E-state index < -0.39 is 0 Å². The van der Waals surface area contributed by atoms with Crippen LogP contribution in [0, 0.1) is 0 Å². The fraction of sp³-hybridized carbons (Fsp3) is 0.316. The lowest BCUT2D eigenvalue weighted by molar-refractivity contribution is 0.0984. The molecular weight excluding hydrogens is 332 g/mol. The zero-order valence-electron chi connectivity index (χ0n) is 14.3. The van der Waals surface area contributed by atoms with Gasteiger partial charge in [-0.1, -0.05) is 35.5 Å². The number of rotatable bonds is 6. The molecule has 0 amide bonds. The highest BCUT2D eigenvalue weighted by molar-refractivity contribution is 5.96. The number of hydrogen-bond acceptors (Lipinski definition) is 6. The number of nitrogens with zero attached hydrogens (tertiary/aromatic N) is 4. The molecule has 7 nitrogen and oxygen atoms in total. The third-order valence-corrected chi connectivity index (χ3v) is 4.50. The molecule has 26 heavy (non-hydrogen) atoms. The van der Waals surface area contributed by atoms with Crippen molar-refractivity contribution in [3.63, 3.8) is 0 Å². The first-order valence-electron chi connectivity index (χ1n) is 8.65. The van der Waals surface area contributed by atoms with E-state index in [1.165, 1.54) is 0 Å². The van der Waals surface area contributed by atoms with Crippen molar-refractivity contribution in [3.8, 4) is 0 Å². The Morgan fingerprint density at radius 1 is 1.27 bits per heavy atom. The molecule has 0 spiro atoms. The highest BCUT2D eigenvalue weighted by Gasteiger charge is 2.24. The number of aromatic nitrogens is 3. The van der Waals surface area contributed by atoms with Gasteiger partial charge in [0.05, 0.1) is 18.8 Å². The first-order valence-corrected chi connectivity index (χ1v) is 8.65. The van der Waals surface area contributed by atoms with Crippen LogP contribution in [0.25, 0.3) is 0 Å². The Hall–Kier alpha value is -2.93. The Morgan fingerprint density at radius 2 is 2.12 bits per heavy atom. The lowest BCUT2D eigenvalue weighted by atomic mass is 10.1. The van der Waals surface area contributed by atoms with Crippen molar-refractivity contribution in [3.05, 3.63) is 65.6 Å². The van der Waals surface area contributed by atoms with E-state index in [1.807, 2.05) is 46.1 Å². The molecule has 7 heteroatoms. The number of hydrogen-bond donors (Lipinski definition) is 1. The van der Waals surface area contributed by atoms with Crippen LogP contribution in [0.5, 0.6) is 0 Å². The van der Waals surface area contributed by atoms with E-state index >= 15 is 0 Å². The molecule has 1 aliphatic rings. The Labute approximate surface area is 150 Å². The molecule has 0 radical (unpaired) electrons. The second-order valence-corrected chi connectivity index (χ2v) is 6.57. The molecule has 1 fully saturated rings. The van der Waals surface area contributed by atoms with Gasteiger partial charge in [0.2, 0.25) is 5.88 Å². The van der Waals surface area contributed by atoms with E-state index in [0.29, 0.717) is 37.6 Å². The van der Waals surface area contributed by atoms with Gasteiger partial charge in [0, 0.05) is 31.8 Å². The predicted molar refractivity (Wildman–Crippen MR) is 95.1 cm³/mol. The van der Waals surface area contributed by atoms with Crippen molar-refractivity contribution in [2.45, 2.75) is 25.5 Å². The second kappa shape index (κ2) is 7.13. The Kier molecular flexibility index (Phi) is 4.53. The highest BCUT2D eigenvalue weighted by atomic mass is 16.5. The van der Waals surface area contributed by atoms with Crippen molar-refractivity contribution in [2.24, 2.45) is 0 Å². The van der Waals surface area contributed by atoms with Crippen molar-refractivity contribution in [2.75, 3.05) is 18.0 Å². The molecule has 134 valence electrons. The molecule has 1 atom stereocenters. The number of carbonyl (C=O) groups excluding carboxylic acids is 1. The van der Waals surface area contributed by atoms with Crippen molar-refractivity contribution in [1.82, 2.24) is 14.9 Å². The summed E-state index contributed by atoms with van der Waals surface area (Å²) in [5, 5.41) is 17.8. The Balaban J connectivity index is 1.38. The Morgan fingerprint density at radius 3 is 2.88 bits per heavy atom. The maximum Gasteiger partial charge on any atom is 0.228 e. The van der Waals surface area contributed by atoms with E-state index in [2.05, 4.69) is 10.3 Å². The van der Waals surface area contributed by atoms with Gasteiger partial charge >= 0.3 is 0 Å². The average Bonchev–Trinajstić information content (AvgIpc) is 3.37. The van der Waals surface area contributed by atoms with Gasteiger partial charge in [-0.05, 0) is 17.5 Å². The van der Waals surface area contributed by atoms with Gasteiger partial charge in [0.25, 0.3) is 0 Å². The van der Waals surface area contributed by atoms with E-state index in [9.17, 15) is 9.90 Å². The number of carbonyl (C=O) groups is 1. The number of aliphatic hydroxyl groups excluding tert-OH is 1. The largest absolute Gasteiger partial charge is 0.391 e. The average molecular weight is 352 g/mol. The van der Waals surface area contributed by atoms with Crippen LogP contribution >= 0.6 is 0 Å². The number of ketones is 1. The van der Waals surface area contributed by atoms with Crippen molar-refractivity contribution < 1.29 is 14.4 Å². The van der Waals surface area contributed by atoms with E-state index in [4.69, 9.17) is 4.52 Å². The summed E-state index contributed by atoms with van der Waals surface area (Å²) in [6, 6.07) is 11.7. The van der Waals surface area contributed by atoms with Crippen LogP contribution in [-0.2, 0) is 13.0 Å². The summed E-state index contributed by atoms with van der Waals surface area (Å²) < 4.78 is 7.08. The normalized spacial score (nSPS) is 17.0. The van der Waals surface area contributed by atoms with Crippen molar-refractivity contribution >= 4 is 11.7 Å². The molecule has 2 aromatic heterocycles.